The molecule has 0 fully saturated rings. The monoisotopic (exact) mass is 389 g/mol. The summed E-state index contributed by atoms with van der Waals surface area (Å²) in [5.41, 5.74) is 2.33. The van der Waals surface area contributed by atoms with E-state index >= 15 is 0 Å². The van der Waals surface area contributed by atoms with Crippen molar-refractivity contribution >= 4 is 40.7 Å². The number of hydrogen-bond donors (Lipinski definition) is 2. The molecular weight excluding hydrogens is 373 g/mol. The maximum absolute atomic E-state index is 10.2. The summed E-state index contributed by atoms with van der Waals surface area (Å²) in [4.78, 5) is 2.34. The van der Waals surface area contributed by atoms with E-state index in [0.717, 1.165) is 10.5 Å². The molecule has 0 aromatic heterocycles. The first-order valence-corrected chi connectivity index (χ1v) is 9.35. The van der Waals surface area contributed by atoms with Gasteiger partial charge in [0.2, 0.25) is 0 Å². The molecule has 0 spiro atoms. The van der Waals surface area contributed by atoms with Crippen LogP contribution in [-0.4, -0.2) is 5.11 Å². The van der Waals surface area contributed by atoms with Crippen molar-refractivity contribution in [1.82, 2.24) is 0 Å². The van der Waals surface area contributed by atoms with Gasteiger partial charge in [-0.15, -0.1) is 0 Å². The largest absolute Gasteiger partial charge is 0.504 e. The lowest BCUT2D eigenvalue weighted by atomic mass is 10.2. The van der Waals surface area contributed by atoms with Crippen LogP contribution >= 0.6 is 35.0 Å². The lowest BCUT2D eigenvalue weighted by Gasteiger charge is -2.14. The molecule has 5 heteroatoms. The molecule has 0 heterocycles. The molecule has 0 unspecified atom stereocenters. The molecule has 128 valence electrons. The van der Waals surface area contributed by atoms with Gasteiger partial charge in [0.15, 0.2) is 5.75 Å². The number of hydrogen-bond acceptors (Lipinski definition) is 3. The van der Waals surface area contributed by atoms with Crippen LogP contribution in [0.4, 0.5) is 5.69 Å². The lowest BCUT2D eigenvalue weighted by Crippen LogP contribution is -2.02. The molecule has 3 aromatic carbocycles. The second-order valence-corrected chi connectivity index (χ2v) is 7.47. The summed E-state index contributed by atoms with van der Waals surface area (Å²) < 4.78 is 0. The summed E-state index contributed by atoms with van der Waals surface area (Å²) in [6, 6.07) is 20.1. The van der Waals surface area contributed by atoms with Gasteiger partial charge in [-0.05, 0) is 42.3 Å². The average molecular weight is 390 g/mol. The first-order valence-electron chi connectivity index (χ1n) is 7.78. The molecule has 0 aliphatic heterocycles. The van der Waals surface area contributed by atoms with Gasteiger partial charge < -0.3 is 10.4 Å². The number of aromatic hydroxyl groups is 1. The standard InChI is InChI=1S/C20H17Cl2NOS/c1-13-16(21)11-17(20(24)19(13)22)23-12-14-7-5-6-10-18(14)25-15-8-3-2-4-9-15/h2-11,23-24H,12H2,1H3. The highest BCUT2D eigenvalue weighted by molar-refractivity contribution is 7.99. The fourth-order valence-electron chi connectivity index (χ4n) is 2.39. The van der Waals surface area contributed by atoms with Crippen LogP contribution in [-0.2, 0) is 6.54 Å². The maximum Gasteiger partial charge on any atom is 0.157 e. The molecule has 0 aliphatic rings. The van der Waals surface area contributed by atoms with Crippen LogP contribution in [0.1, 0.15) is 11.1 Å². The van der Waals surface area contributed by atoms with Crippen molar-refractivity contribution in [3.8, 4) is 5.75 Å². The van der Waals surface area contributed by atoms with Crippen molar-refractivity contribution in [2.75, 3.05) is 5.32 Å². The molecule has 0 saturated heterocycles. The van der Waals surface area contributed by atoms with E-state index in [4.69, 9.17) is 23.2 Å². The van der Waals surface area contributed by atoms with Gasteiger partial charge in [0.05, 0.1) is 10.7 Å². The Labute approximate surface area is 161 Å². The Morgan fingerprint density at radius 3 is 2.44 bits per heavy atom. The van der Waals surface area contributed by atoms with Gasteiger partial charge >= 0.3 is 0 Å². The Hall–Kier alpha value is -1.81. The molecule has 0 radical (unpaired) electrons. The Morgan fingerprint density at radius 1 is 1.00 bits per heavy atom. The molecule has 0 aliphatic carbocycles. The Kier molecular flexibility index (Phi) is 5.79. The van der Waals surface area contributed by atoms with Gasteiger partial charge in [0.25, 0.3) is 0 Å². The Morgan fingerprint density at radius 2 is 1.68 bits per heavy atom. The minimum absolute atomic E-state index is 0.0248. The molecular formula is C20H17Cl2NOS. The van der Waals surface area contributed by atoms with Crippen LogP contribution in [0, 0.1) is 6.92 Å². The normalized spacial score (nSPS) is 10.7. The zero-order valence-electron chi connectivity index (χ0n) is 13.6. The number of rotatable bonds is 5. The SMILES string of the molecule is Cc1c(Cl)cc(NCc2ccccc2Sc2ccccc2)c(O)c1Cl. The molecule has 2 N–H and O–H groups in total. The summed E-state index contributed by atoms with van der Waals surface area (Å²) in [7, 11) is 0. The zero-order chi connectivity index (χ0) is 17.8. The molecule has 25 heavy (non-hydrogen) atoms. The summed E-state index contributed by atoms with van der Waals surface area (Å²) in [6.07, 6.45) is 0. The third-order valence-electron chi connectivity index (χ3n) is 3.83. The Bertz CT molecular complexity index is 884. The fraction of sp³-hybridized carbons (Fsp3) is 0.100. The first-order chi connectivity index (χ1) is 12.1. The highest BCUT2D eigenvalue weighted by Gasteiger charge is 2.13. The van der Waals surface area contributed by atoms with Gasteiger partial charge in [0.1, 0.15) is 0 Å². The van der Waals surface area contributed by atoms with Gasteiger partial charge in [-0.2, -0.15) is 0 Å². The van der Waals surface area contributed by atoms with E-state index in [1.165, 1.54) is 4.90 Å². The summed E-state index contributed by atoms with van der Waals surface area (Å²) >= 11 is 14.0. The number of anilines is 1. The summed E-state index contributed by atoms with van der Waals surface area (Å²) in [5.74, 6) is 0.0248. The van der Waals surface area contributed by atoms with Crippen LogP contribution in [0.15, 0.2) is 70.5 Å². The first kappa shape index (κ1) is 18.0. The maximum atomic E-state index is 10.2. The van der Waals surface area contributed by atoms with Gasteiger partial charge in [-0.3, -0.25) is 0 Å². The third-order valence-corrected chi connectivity index (χ3v) is 5.82. The molecule has 3 rings (SSSR count). The van der Waals surface area contributed by atoms with Crippen molar-refractivity contribution in [1.29, 1.82) is 0 Å². The van der Waals surface area contributed by atoms with E-state index in [-0.39, 0.29) is 10.8 Å². The molecule has 0 atom stereocenters. The molecule has 0 bridgehead atoms. The minimum atomic E-state index is 0.0248. The number of nitrogens with one attached hydrogen (secondary N) is 1. The Balaban J connectivity index is 1.81. The highest BCUT2D eigenvalue weighted by Crippen LogP contribution is 2.39. The third kappa shape index (κ3) is 4.24. The summed E-state index contributed by atoms with van der Waals surface area (Å²) in [5, 5.41) is 14.3. The fourth-order valence-corrected chi connectivity index (χ4v) is 3.81. The van der Waals surface area contributed by atoms with E-state index in [1.54, 1.807) is 24.8 Å². The molecule has 3 aromatic rings. The topological polar surface area (TPSA) is 32.3 Å². The minimum Gasteiger partial charge on any atom is -0.504 e. The average Bonchev–Trinajstić information content (AvgIpc) is 2.64. The van der Waals surface area contributed by atoms with Crippen molar-refractivity contribution in [3.05, 3.63) is 81.8 Å². The second-order valence-electron chi connectivity index (χ2n) is 5.57. The summed E-state index contributed by atoms with van der Waals surface area (Å²) in [6.45, 7) is 2.33. The van der Waals surface area contributed by atoms with Crippen LogP contribution in [0.25, 0.3) is 0 Å². The lowest BCUT2D eigenvalue weighted by molar-refractivity contribution is 0.477. The van der Waals surface area contributed by atoms with E-state index in [1.807, 2.05) is 30.3 Å². The molecule has 0 saturated carbocycles. The smallest absolute Gasteiger partial charge is 0.157 e. The second kappa shape index (κ2) is 8.05. The predicted octanol–water partition coefficient (Wildman–Crippen LogP) is 6.77. The zero-order valence-corrected chi connectivity index (χ0v) is 15.9. The van der Waals surface area contributed by atoms with Crippen LogP contribution in [0.2, 0.25) is 10.0 Å². The van der Waals surface area contributed by atoms with Crippen LogP contribution in [0.5, 0.6) is 5.75 Å². The number of phenolic OH excluding ortho intramolecular Hbond substituents is 1. The van der Waals surface area contributed by atoms with Crippen molar-refractivity contribution < 1.29 is 5.11 Å². The van der Waals surface area contributed by atoms with Crippen molar-refractivity contribution in [2.45, 2.75) is 23.3 Å². The number of phenols is 1. The van der Waals surface area contributed by atoms with E-state index in [9.17, 15) is 5.11 Å². The quantitative estimate of drug-likeness (QED) is 0.472. The highest BCUT2D eigenvalue weighted by atomic mass is 35.5. The van der Waals surface area contributed by atoms with E-state index in [2.05, 4.69) is 29.6 Å². The molecule has 0 amide bonds. The van der Waals surface area contributed by atoms with E-state index < -0.39 is 0 Å². The van der Waals surface area contributed by atoms with Gasteiger partial charge in [-0.25, -0.2) is 0 Å². The van der Waals surface area contributed by atoms with Crippen molar-refractivity contribution in [3.63, 3.8) is 0 Å². The van der Waals surface area contributed by atoms with Crippen LogP contribution in [0.3, 0.4) is 0 Å². The number of benzene rings is 3. The van der Waals surface area contributed by atoms with E-state index in [0.29, 0.717) is 22.8 Å². The van der Waals surface area contributed by atoms with Gasteiger partial charge in [-0.1, -0.05) is 71.4 Å². The van der Waals surface area contributed by atoms with Crippen LogP contribution < -0.4 is 5.32 Å². The molecule has 2 nitrogen and oxygen atoms in total. The predicted molar refractivity (Wildman–Crippen MR) is 107 cm³/mol. The number of halogens is 2. The van der Waals surface area contributed by atoms with Gasteiger partial charge in [0, 0.05) is 21.4 Å². The van der Waals surface area contributed by atoms with Crippen molar-refractivity contribution in [2.24, 2.45) is 0 Å².